The van der Waals surface area contributed by atoms with E-state index in [0.717, 1.165) is 35.5 Å². The molecule has 0 fully saturated rings. The smallest absolute Gasteiger partial charge is 0.175 e. The molecule has 0 saturated carbocycles. The summed E-state index contributed by atoms with van der Waals surface area (Å²) in [6, 6.07) is 2.03. The third kappa shape index (κ3) is 2.48. The summed E-state index contributed by atoms with van der Waals surface area (Å²) in [5, 5.41) is 9.01. The zero-order chi connectivity index (χ0) is 13.1. The van der Waals surface area contributed by atoms with Gasteiger partial charge in [-0.1, -0.05) is 0 Å². The molecule has 0 saturated heterocycles. The van der Waals surface area contributed by atoms with Crippen molar-refractivity contribution >= 4 is 15.9 Å². The topological polar surface area (TPSA) is 41.9 Å². The maximum atomic E-state index is 9.01. The van der Waals surface area contributed by atoms with Gasteiger partial charge in [0.1, 0.15) is 0 Å². The third-order valence-corrected chi connectivity index (χ3v) is 4.13. The standard InChI is InChI=1S/C13H18BrNO3/c1-17-11-7-9-8-15(5-6-16)4-3-10(9)12(14)13(11)18-2/h7,16H,3-6,8H2,1-2H3. The van der Waals surface area contributed by atoms with Gasteiger partial charge in [0.15, 0.2) is 11.5 Å². The Balaban J connectivity index is 2.37. The summed E-state index contributed by atoms with van der Waals surface area (Å²) in [4.78, 5) is 2.24. The van der Waals surface area contributed by atoms with E-state index in [-0.39, 0.29) is 6.61 Å². The van der Waals surface area contributed by atoms with Crippen molar-refractivity contribution in [1.29, 1.82) is 0 Å². The lowest BCUT2D eigenvalue weighted by Gasteiger charge is -2.29. The van der Waals surface area contributed by atoms with Crippen molar-refractivity contribution < 1.29 is 14.6 Å². The molecule has 0 aromatic heterocycles. The second-order valence-corrected chi connectivity index (χ2v) is 5.11. The minimum Gasteiger partial charge on any atom is -0.493 e. The molecule has 1 heterocycles. The molecule has 0 aliphatic carbocycles. The van der Waals surface area contributed by atoms with Gasteiger partial charge in [-0.3, -0.25) is 4.90 Å². The third-order valence-electron chi connectivity index (χ3n) is 3.29. The Morgan fingerprint density at radius 3 is 2.78 bits per heavy atom. The van der Waals surface area contributed by atoms with Gasteiger partial charge in [0, 0.05) is 19.6 Å². The van der Waals surface area contributed by atoms with E-state index in [4.69, 9.17) is 14.6 Å². The number of ether oxygens (including phenoxy) is 2. The molecule has 1 aromatic rings. The first-order valence-electron chi connectivity index (χ1n) is 5.96. The van der Waals surface area contributed by atoms with E-state index in [0.29, 0.717) is 6.54 Å². The van der Waals surface area contributed by atoms with Gasteiger partial charge in [-0.05, 0) is 39.5 Å². The monoisotopic (exact) mass is 315 g/mol. The Bertz CT molecular complexity index is 437. The fourth-order valence-electron chi connectivity index (χ4n) is 2.37. The lowest BCUT2D eigenvalue weighted by atomic mass is 9.99. The van der Waals surface area contributed by atoms with Crippen molar-refractivity contribution in [3.05, 3.63) is 21.7 Å². The average molecular weight is 316 g/mol. The van der Waals surface area contributed by atoms with Crippen LogP contribution >= 0.6 is 15.9 Å². The molecule has 0 unspecified atom stereocenters. The molecular formula is C13H18BrNO3. The van der Waals surface area contributed by atoms with Crippen LogP contribution in [0.3, 0.4) is 0 Å². The van der Waals surface area contributed by atoms with Gasteiger partial charge in [-0.15, -0.1) is 0 Å². The minimum atomic E-state index is 0.198. The first-order valence-corrected chi connectivity index (χ1v) is 6.76. The van der Waals surface area contributed by atoms with Crippen LogP contribution in [0.4, 0.5) is 0 Å². The number of aliphatic hydroxyl groups excluding tert-OH is 1. The van der Waals surface area contributed by atoms with Crippen molar-refractivity contribution in [2.45, 2.75) is 13.0 Å². The minimum absolute atomic E-state index is 0.198. The molecular weight excluding hydrogens is 298 g/mol. The van der Waals surface area contributed by atoms with Gasteiger partial charge in [-0.25, -0.2) is 0 Å². The number of rotatable bonds is 4. The predicted molar refractivity (Wildman–Crippen MR) is 73.3 cm³/mol. The first kappa shape index (κ1) is 13.6. The van der Waals surface area contributed by atoms with E-state index in [9.17, 15) is 0 Å². The van der Waals surface area contributed by atoms with Gasteiger partial charge >= 0.3 is 0 Å². The highest BCUT2D eigenvalue weighted by Gasteiger charge is 2.23. The van der Waals surface area contributed by atoms with Crippen LogP contribution in [0.1, 0.15) is 11.1 Å². The summed E-state index contributed by atoms with van der Waals surface area (Å²) in [6.45, 7) is 2.71. The maximum Gasteiger partial charge on any atom is 0.175 e. The van der Waals surface area contributed by atoms with E-state index in [1.54, 1.807) is 14.2 Å². The van der Waals surface area contributed by atoms with Gasteiger partial charge in [0.05, 0.1) is 25.3 Å². The summed E-state index contributed by atoms with van der Waals surface area (Å²) in [5.74, 6) is 1.50. The van der Waals surface area contributed by atoms with Gasteiger partial charge < -0.3 is 14.6 Å². The molecule has 1 aliphatic heterocycles. The zero-order valence-corrected chi connectivity index (χ0v) is 12.3. The van der Waals surface area contributed by atoms with Crippen LogP contribution in [0.2, 0.25) is 0 Å². The number of halogens is 1. The number of nitrogens with zero attached hydrogens (tertiary/aromatic N) is 1. The van der Waals surface area contributed by atoms with Crippen LogP contribution in [0.25, 0.3) is 0 Å². The summed E-state index contributed by atoms with van der Waals surface area (Å²) < 4.78 is 11.7. The first-order chi connectivity index (χ1) is 8.71. The van der Waals surface area contributed by atoms with Crippen LogP contribution in [0.15, 0.2) is 10.5 Å². The molecule has 0 bridgehead atoms. The van der Waals surface area contributed by atoms with E-state index >= 15 is 0 Å². The highest BCUT2D eigenvalue weighted by atomic mass is 79.9. The fourth-order valence-corrected chi connectivity index (χ4v) is 3.18. The highest BCUT2D eigenvalue weighted by molar-refractivity contribution is 9.10. The predicted octanol–water partition coefficient (Wildman–Crippen LogP) is 1.82. The molecule has 0 amide bonds. The molecule has 1 aliphatic rings. The average Bonchev–Trinajstić information content (AvgIpc) is 2.38. The van der Waals surface area contributed by atoms with Crippen molar-refractivity contribution in [1.82, 2.24) is 4.90 Å². The molecule has 0 spiro atoms. The molecule has 18 heavy (non-hydrogen) atoms. The van der Waals surface area contributed by atoms with E-state index < -0.39 is 0 Å². The Morgan fingerprint density at radius 2 is 2.17 bits per heavy atom. The Hall–Kier alpha value is -0.780. The molecule has 0 radical (unpaired) electrons. The van der Waals surface area contributed by atoms with E-state index in [2.05, 4.69) is 20.8 Å². The highest BCUT2D eigenvalue weighted by Crippen LogP contribution is 2.41. The summed E-state index contributed by atoms with van der Waals surface area (Å²) in [7, 11) is 3.29. The van der Waals surface area contributed by atoms with Gasteiger partial charge in [-0.2, -0.15) is 0 Å². The number of fused-ring (bicyclic) bond motifs is 1. The van der Waals surface area contributed by atoms with Crippen molar-refractivity contribution in [3.8, 4) is 11.5 Å². The van der Waals surface area contributed by atoms with Gasteiger partial charge in [0.25, 0.3) is 0 Å². The summed E-state index contributed by atoms with van der Waals surface area (Å²) in [5.41, 5.74) is 2.51. The largest absolute Gasteiger partial charge is 0.493 e. The van der Waals surface area contributed by atoms with E-state index in [1.807, 2.05) is 6.07 Å². The summed E-state index contributed by atoms with van der Waals surface area (Å²) in [6.07, 6.45) is 0.955. The molecule has 5 heteroatoms. The normalized spacial score (nSPS) is 15.3. The number of aliphatic hydroxyl groups is 1. The molecule has 4 nitrogen and oxygen atoms in total. The molecule has 100 valence electrons. The second kappa shape index (κ2) is 5.91. The van der Waals surface area contributed by atoms with Crippen LogP contribution < -0.4 is 9.47 Å². The van der Waals surface area contributed by atoms with Gasteiger partial charge in [0.2, 0.25) is 0 Å². The van der Waals surface area contributed by atoms with Crippen LogP contribution in [-0.2, 0) is 13.0 Å². The number of β-amino-alcohol motifs (C(OH)–C–C–N with tert-alkyl or cyclic N) is 1. The summed E-state index contributed by atoms with van der Waals surface area (Å²) >= 11 is 3.60. The molecule has 1 aromatic carbocycles. The number of hydrogen-bond acceptors (Lipinski definition) is 4. The van der Waals surface area contributed by atoms with Crippen LogP contribution in [-0.4, -0.2) is 43.9 Å². The Labute approximate surface area is 116 Å². The molecule has 0 atom stereocenters. The number of benzene rings is 1. The fraction of sp³-hybridized carbons (Fsp3) is 0.538. The quantitative estimate of drug-likeness (QED) is 0.920. The van der Waals surface area contributed by atoms with E-state index in [1.165, 1.54) is 11.1 Å². The van der Waals surface area contributed by atoms with Crippen molar-refractivity contribution in [2.75, 3.05) is 33.9 Å². The van der Waals surface area contributed by atoms with Crippen LogP contribution in [0.5, 0.6) is 11.5 Å². The number of hydrogen-bond donors (Lipinski definition) is 1. The second-order valence-electron chi connectivity index (χ2n) is 4.31. The van der Waals surface area contributed by atoms with Crippen molar-refractivity contribution in [3.63, 3.8) is 0 Å². The Kier molecular flexibility index (Phi) is 4.48. The lowest BCUT2D eigenvalue weighted by molar-refractivity contribution is 0.184. The molecule has 2 rings (SSSR count). The lowest BCUT2D eigenvalue weighted by Crippen LogP contribution is -2.33. The SMILES string of the molecule is COc1cc2c(c(Br)c1OC)CCN(CCO)C2. The number of methoxy groups -OCH3 is 2. The Morgan fingerprint density at radius 1 is 1.39 bits per heavy atom. The molecule has 1 N–H and O–H groups in total. The van der Waals surface area contributed by atoms with Crippen molar-refractivity contribution in [2.24, 2.45) is 0 Å². The van der Waals surface area contributed by atoms with Crippen LogP contribution in [0, 0.1) is 0 Å². The zero-order valence-electron chi connectivity index (χ0n) is 10.7. The maximum absolute atomic E-state index is 9.01.